The van der Waals surface area contributed by atoms with Crippen molar-refractivity contribution in [2.75, 3.05) is 20.3 Å². The third-order valence-corrected chi connectivity index (χ3v) is 3.51. The maximum absolute atomic E-state index is 12.0. The van der Waals surface area contributed by atoms with Crippen LogP contribution < -0.4 is 9.47 Å². The molecule has 1 aromatic heterocycles. The first-order chi connectivity index (χ1) is 12.2. The summed E-state index contributed by atoms with van der Waals surface area (Å²) in [6.45, 7) is 2.22. The molecular weight excluding hydrogens is 318 g/mol. The van der Waals surface area contributed by atoms with Crippen molar-refractivity contribution in [1.82, 2.24) is 4.98 Å². The van der Waals surface area contributed by atoms with Gasteiger partial charge in [-0.05, 0) is 18.1 Å². The quantitative estimate of drug-likeness (QED) is 0.574. The lowest BCUT2D eigenvalue weighted by molar-refractivity contribution is 0.0594. The maximum Gasteiger partial charge on any atom is 0.356 e. The van der Waals surface area contributed by atoms with Crippen LogP contribution in [0.1, 0.15) is 29.4 Å². The fraction of sp³-hybridized carbons (Fsp3) is 0.300. The first-order valence-electron chi connectivity index (χ1n) is 7.83. The van der Waals surface area contributed by atoms with E-state index in [0.717, 1.165) is 18.4 Å². The zero-order valence-corrected chi connectivity index (χ0v) is 14.3. The molecule has 0 spiro atoms. The molecule has 2 rings (SSSR count). The summed E-state index contributed by atoms with van der Waals surface area (Å²) in [5.74, 6) is 5.24. The molecule has 25 heavy (non-hydrogen) atoms. The van der Waals surface area contributed by atoms with E-state index in [9.17, 15) is 4.79 Å². The molecule has 0 bridgehead atoms. The van der Waals surface area contributed by atoms with Gasteiger partial charge < -0.3 is 14.2 Å². The standard InChI is InChI=1S/C20H19NO4/c1-5-8-14-9-10-16(24-11-6-2)18-17(25-12-7-3)13-15(20(22)23-4)21-19(14)18/h2-3,9-10,13H,5,8,11-12H2,1,4H3. The van der Waals surface area contributed by atoms with Crippen LogP contribution in [0.25, 0.3) is 10.9 Å². The summed E-state index contributed by atoms with van der Waals surface area (Å²) in [6, 6.07) is 5.24. The van der Waals surface area contributed by atoms with Crippen LogP contribution in [0, 0.1) is 24.7 Å². The van der Waals surface area contributed by atoms with E-state index in [0.29, 0.717) is 22.4 Å². The van der Waals surface area contributed by atoms with Gasteiger partial charge in [-0.15, -0.1) is 12.8 Å². The molecule has 0 aliphatic heterocycles. The molecule has 1 heterocycles. The van der Waals surface area contributed by atoms with E-state index < -0.39 is 5.97 Å². The van der Waals surface area contributed by atoms with E-state index in [1.54, 1.807) is 0 Å². The first-order valence-corrected chi connectivity index (χ1v) is 7.83. The van der Waals surface area contributed by atoms with Gasteiger partial charge in [0, 0.05) is 6.07 Å². The van der Waals surface area contributed by atoms with Gasteiger partial charge in [-0.25, -0.2) is 9.78 Å². The SMILES string of the molecule is C#CCOc1ccc(CCC)c2nc(C(=O)OC)cc(OCC#C)c12. The van der Waals surface area contributed by atoms with Gasteiger partial charge >= 0.3 is 5.97 Å². The van der Waals surface area contributed by atoms with E-state index in [2.05, 4.69) is 23.7 Å². The number of pyridine rings is 1. The van der Waals surface area contributed by atoms with Crippen LogP contribution in [-0.4, -0.2) is 31.3 Å². The highest BCUT2D eigenvalue weighted by Gasteiger charge is 2.19. The van der Waals surface area contributed by atoms with Crippen molar-refractivity contribution in [3.8, 4) is 36.2 Å². The lowest BCUT2D eigenvalue weighted by Crippen LogP contribution is -2.08. The van der Waals surface area contributed by atoms with Crippen molar-refractivity contribution < 1.29 is 19.0 Å². The average Bonchev–Trinajstić information content (AvgIpc) is 2.64. The topological polar surface area (TPSA) is 57.7 Å². The molecule has 0 N–H and O–H groups in total. The number of esters is 1. The number of rotatable bonds is 7. The highest BCUT2D eigenvalue weighted by Crippen LogP contribution is 2.36. The monoisotopic (exact) mass is 337 g/mol. The minimum Gasteiger partial charge on any atom is -0.480 e. The number of ether oxygens (including phenoxy) is 3. The van der Waals surface area contributed by atoms with E-state index >= 15 is 0 Å². The molecule has 0 radical (unpaired) electrons. The Kier molecular flexibility index (Phi) is 6.26. The van der Waals surface area contributed by atoms with Crippen molar-refractivity contribution in [3.63, 3.8) is 0 Å². The summed E-state index contributed by atoms with van der Waals surface area (Å²) in [7, 11) is 1.30. The highest BCUT2D eigenvalue weighted by molar-refractivity contribution is 5.98. The van der Waals surface area contributed by atoms with Gasteiger partial charge in [-0.2, -0.15) is 0 Å². The third kappa shape index (κ3) is 4.02. The summed E-state index contributed by atoms with van der Waals surface area (Å²) < 4.78 is 16.1. The maximum atomic E-state index is 12.0. The second-order valence-electron chi connectivity index (χ2n) is 5.18. The van der Waals surface area contributed by atoms with Crippen molar-refractivity contribution in [2.24, 2.45) is 0 Å². The fourth-order valence-electron chi connectivity index (χ4n) is 2.48. The summed E-state index contributed by atoms with van der Waals surface area (Å²) in [6.07, 6.45) is 12.3. The summed E-state index contributed by atoms with van der Waals surface area (Å²) in [5, 5.41) is 0.643. The molecule has 2 aromatic rings. The van der Waals surface area contributed by atoms with Crippen LogP contribution in [0.3, 0.4) is 0 Å². The van der Waals surface area contributed by atoms with Crippen LogP contribution in [0.15, 0.2) is 18.2 Å². The Hall–Kier alpha value is -3.18. The number of carbonyl (C=O) groups excluding carboxylic acids is 1. The van der Waals surface area contributed by atoms with Gasteiger partial charge in [0.25, 0.3) is 0 Å². The number of terminal acetylenes is 2. The van der Waals surface area contributed by atoms with Gasteiger partial charge in [0.2, 0.25) is 0 Å². The Balaban J connectivity index is 2.76. The summed E-state index contributed by atoms with van der Waals surface area (Å²) in [5.41, 5.74) is 1.74. The minimum absolute atomic E-state index is 0.0479. The fourth-order valence-corrected chi connectivity index (χ4v) is 2.48. The second-order valence-corrected chi connectivity index (χ2v) is 5.18. The van der Waals surface area contributed by atoms with Gasteiger partial charge in [-0.3, -0.25) is 0 Å². The normalized spacial score (nSPS) is 9.92. The Bertz CT molecular complexity index is 859. The Morgan fingerprint density at radius 1 is 1.16 bits per heavy atom. The number of hydrogen-bond acceptors (Lipinski definition) is 5. The second kappa shape index (κ2) is 8.61. The number of aromatic nitrogens is 1. The molecule has 0 aliphatic rings. The largest absolute Gasteiger partial charge is 0.480 e. The molecule has 5 heteroatoms. The summed E-state index contributed by atoms with van der Waals surface area (Å²) in [4.78, 5) is 16.4. The molecule has 0 unspecified atom stereocenters. The Labute approximate surface area is 147 Å². The van der Waals surface area contributed by atoms with E-state index in [-0.39, 0.29) is 18.9 Å². The first kappa shape index (κ1) is 18.2. The predicted octanol–water partition coefficient (Wildman–Crippen LogP) is 3.00. The number of carbonyl (C=O) groups is 1. The van der Waals surface area contributed by atoms with Crippen LogP contribution in [0.2, 0.25) is 0 Å². The van der Waals surface area contributed by atoms with E-state index in [1.807, 2.05) is 12.1 Å². The van der Waals surface area contributed by atoms with Crippen molar-refractivity contribution in [3.05, 3.63) is 29.5 Å². The number of hydrogen-bond donors (Lipinski definition) is 0. The van der Waals surface area contributed by atoms with Gasteiger partial charge in [-0.1, -0.05) is 31.3 Å². The number of nitrogens with zero attached hydrogens (tertiary/aromatic N) is 1. The predicted molar refractivity (Wildman–Crippen MR) is 95.7 cm³/mol. The van der Waals surface area contributed by atoms with Crippen molar-refractivity contribution >= 4 is 16.9 Å². The van der Waals surface area contributed by atoms with Crippen LogP contribution in [0.5, 0.6) is 11.5 Å². The van der Waals surface area contributed by atoms with Gasteiger partial charge in [0.1, 0.15) is 24.7 Å². The molecule has 0 fully saturated rings. The zero-order chi connectivity index (χ0) is 18.2. The molecule has 0 saturated carbocycles. The van der Waals surface area contributed by atoms with E-state index in [1.165, 1.54) is 13.2 Å². The van der Waals surface area contributed by atoms with Crippen LogP contribution in [0.4, 0.5) is 0 Å². The van der Waals surface area contributed by atoms with Crippen LogP contribution in [-0.2, 0) is 11.2 Å². The summed E-state index contributed by atoms with van der Waals surface area (Å²) >= 11 is 0. The third-order valence-electron chi connectivity index (χ3n) is 3.51. The molecular formula is C20H19NO4. The minimum atomic E-state index is -0.551. The van der Waals surface area contributed by atoms with Gasteiger partial charge in [0.15, 0.2) is 5.69 Å². The van der Waals surface area contributed by atoms with Gasteiger partial charge in [0.05, 0.1) is 18.0 Å². The molecule has 1 aromatic carbocycles. The Morgan fingerprint density at radius 2 is 1.84 bits per heavy atom. The lowest BCUT2D eigenvalue weighted by atomic mass is 10.0. The highest BCUT2D eigenvalue weighted by atomic mass is 16.5. The number of fused-ring (bicyclic) bond motifs is 1. The van der Waals surface area contributed by atoms with Crippen molar-refractivity contribution in [2.45, 2.75) is 19.8 Å². The molecule has 0 aliphatic carbocycles. The number of benzene rings is 1. The van der Waals surface area contributed by atoms with Crippen molar-refractivity contribution in [1.29, 1.82) is 0 Å². The van der Waals surface area contributed by atoms with Crippen LogP contribution >= 0.6 is 0 Å². The molecule has 0 atom stereocenters. The Morgan fingerprint density at radius 3 is 2.44 bits per heavy atom. The zero-order valence-electron chi connectivity index (χ0n) is 14.3. The average molecular weight is 337 g/mol. The number of aryl methyl sites for hydroxylation is 1. The molecule has 128 valence electrons. The molecule has 0 saturated heterocycles. The number of methoxy groups -OCH3 is 1. The lowest BCUT2D eigenvalue weighted by Gasteiger charge is -2.15. The van der Waals surface area contributed by atoms with E-state index in [4.69, 9.17) is 27.1 Å². The smallest absolute Gasteiger partial charge is 0.356 e. The molecule has 5 nitrogen and oxygen atoms in total. The molecule has 0 amide bonds.